The summed E-state index contributed by atoms with van der Waals surface area (Å²) in [5, 5.41) is 3.19. The minimum atomic E-state index is 0.0267. The number of nitrogens with one attached hydrogen (secondary N) is 1. The van der Waals surface area contributed by atoms with Crippen LogP contribution in [0.2, 0.25) is 4.34 Å². The number of carbonyl (C=O) groups excluding carboxylic acids is 1. The van der Waals surface area contributed by atoms with Crippen LogP contribution in [0.4, 0.5) is 0 Å². The number of hydrogen-bond acceptors (Lipinski definition) is 3. The van der Waals surface area contributed by atoms with E-state index in [0.29, 0.717) is 4.34 Å². The molecule has 0 spiro atoms. The molecule has 5 heteroatoms. The Morgan fingerprint density at radius 3 is 2.45 bits per heavy atom. The Kier molecular flexibility index (Phi) is 5.42. The molecule has 3 rings (SSSR count). The van der Waals surface area contributed by atoms with Crippen molar-refractivity contribution in [3.63, 3.8) is 0 Å². The summed E-state index contributed by atoms with van der Waals surface area (Å²) in [5.41, 5.74) is 0.190. The van der Waals surface area contributed by atoms with E-state index in [4.69, 9.17) is 11.6 Å². The van der Waals surface area contributed by atoms with E-state index in [9.17, 15) is 4.79 Å². The Morgan fingerprint density at radius 2 is 1.82 bits per heavy atom. The molecule has 22 heavy (non-hydrogen) atoms. The summed E-state index contributed by atoms with van der Waals surface area (Å²) in [5.74, 6) is 0.0267. The average molecular weight is 341 g/mol. The first-order valence-electron chi connectivity index (χ1n) is 8.48. The Hall–Kier alpha value is -0.580. The molecule has 1 saturated heterocycles. The summed E-state index contributed by atoms with van der Waals surface area (Å²) in [6.07, 6.45) is 10.3. The van der Waals surface area contributed by atoms with Crippen molar-refractivity contribution < 1.29 is 4.79 Å². The van der Waals surface area contributed by atoms with Gasteiger partial charge in [-0.3, -0.25) is 9.69 Å². The van der Waals surface area contributed by atoms with Crippen LogP contribution < -0.4 is 5.32 Å². The second-order valence-electron chi connectivity index (χ2n) is 6.62. The number of piperidine rings is 1. The van der Waals surface area contributed by atoms with E-state index in [-0.39, 0.29) is 11.4 Å². The maximum absolute atomic E-state index is 12.3. The van der Waals surface area contributed by atoms with Crippen LogP contribution in [0.15, 0.2) is 12.1 Å². The largest absolute Gasteiger partial charge is 0.349 e. The number of halogens is 1. The van der Waals surface area contributed by atoms with Gasteiger partial charge in [-0.2, -0.15) is 0 Å². The summed E-state index contributed by atoms with van der Waals surface area (Å²) >= 11 is 7.29. The van der Waals surface area contributed by atoms with Crippen molar-refractivity contribution >= 4 is 28.8 Å². The molecule has 1 aliphatic heterocycles. The lowest BCUT2D eigenvalue weighted by atomic mass is 9.79. The van der Waals surface area contributed by atoms with Gasteiger partial charge >= 0.3 is 0 Å². The molecule has 0 aromatic carbocycles. The van der Waals surface area contributed by atoms with Gasteiger partial charge in [0.15, 0.2) is 0 Å². The fourth-order valence-corrected chi connectivity index (χ4v) is 4.91. The molecule has 1 amide bonds. The highest BCUT2D eigenvalue weighted by Crippen LogP contribution is 2.35. The van der Waals surface area contributed by atoms with Crippen LogP contribution in [0, 0.1) is 0 Å². The highest BCUT2D eigenvalue weighted by Gasteiger charge is 2.38. The molecule has 2 fully saturated rings. The molecule has 2 heterocycles. The molecule has 3 nitrogen and oxygen atoms in total. The zero-order chi connectivity index (χ0) is 15.4. The number of carbonyl (C=O) groups is 1. The lowest BCUT2D eigenvalue weighted by Gasteiger charge is -2.48. The maximum atomic E-state index is 12.3. The topological polar surface area (TPSA) is 32.3 Å². The molecule has 0 bridgehead atoms. The molecule has 0 unspecified atom stereocenters. The molecule has 122 valence electrons. The van der Waals surface area contributed by atoms with Crippen molar-refractivity contribution in [2.45, 2.75) is 56.9 Å². The first-order valence-corrected chi connectivity index (χ1v) is 9.68. The molecular weight excluding hydrogens is 316 g/mol. The van der Waals surface area contributed by atoms with E-state index in [1.165, 1.54) is 75.8 Å². The number of amides is 1. The van der Waals surface area contributed by atoms with E-state index in [1.807, 2.05) is 6.07 Å². The van der Waals surface area contributed by atoms with Crippen molar-refractivity contribution in [3.05, 3.63) is 21.3 Å². The Bertz CT molecular complexity index is 505. The highest BCUT2D eigenvalue weighted by atomic mass is 35.5. The lowest BCUT2D eigenvalue weighted by Crippen LogP contribution is -2.58. The van der Waals surface area contributed by atoms with Crippen LogP contribution in [0.5, 0.6) is 0 Å². The smallest absolute Gasteiger partial charge is 0.261 e. The molecule has 0 atom stereocenters. The molecule has 1 aromatic heterocycles. The van der Waals surface area contributed by atoms with E-state index >= 15 is 0 Å². The fraction of sp³-hybridized carbons (Fsp3) is 0.706. The third kappa shape index (κ3) is 3.66. The number of likely N-dealkylation sites (tertiary alicyclic amines) is 1. The maximum Gasteiger partial charge on any atom is 0.261 e. The van der Waals surface area contributed by atoms with E-state index in [2.05, 4.69) is 10.2 Å². The Labute approximate surface area is 142 Å². The highest BCUT2D eigenvalue weighted by molar-refractivity contribution is 7.17. The van der Waals surface area contributed by atoms with Crippen molar-refractivity contribution in [2.24, 2.45) is 0 Å². The van der Waals surface area contributed by atoms with E-state index in [0.717, 1.165) is 11.4 Å². The summed E-state index contributed by atoms with van der Waals surface area (Å²) in [7, 11) is 0. The van der Waals surface area contributed by atoms with Gasteiger partial charge < -0.3 is 5.32 Å². The van der Waals surface area contributed by atoms with Gasteiger partial charge in [-0.25, -0.2) is 0 Å². The SMILES string of the molecule is O=C(NCC1(N2CCCCC2)CCCCC1)c1ccc(Cl)s1. The summed E-state index contributed by atoms with van der Waals surface area (Å²) in [4.78, 5) is 15.7. The summed E-state index contributed by atoms with van der Waals surface area (Å²) < 4.78 is 0.675. The van der Waals surface area contributed by atoms with Crippen LogP contribution in [0.25, 0.3) is 0 Å². The fourth-order valence-electron chi connectivity index (χ4n) is 3.95. The first kappa shape index (κ1) is 16.3. The lowest BCUT2D eigenvalue weighted by molar-refractivity contribution is 0.0327. The van der Waals surface area contributed by atoms with Crippen LogP contribution in [-0.2, 0) is 0 Å². The average Bonchev–Trinajstić information content (AvgIpc) is 3.01. The van der Waals surface area contributed by atoms with Gasteiger partial charge in [0, 0.05) is 12.1 Å². The minimum absolute atomic E-state index is 0.0267. The number of thiophene rings is 1. The summed E-state index contributed by atoms with van der Waals surface area (Å²) in [6, 6.07) is 3.61. The quantitative estimate of drug-likeness (QED) is 0.885. The first-order chi connectivity index (χ1) is 10.7. The standard InChI is InChI=1S/C17H25ClN2OS/c18-15-8-7-14(22-15)16(21)19-13-17(9-3-1-4-10-17)20-11-5-2-6-12-20/h7-8H,1-6,9-13H2,(H,19,21). The van der Waals surface area contributed by atoms with Crippen molar-refractivity contribution in [1.29, 1.82) is 0 Å². The zero-order valence-electron chi connectivity index (χ0n) is 13.1. The summed E-state index contributed by atoms with van der Waals surface area (Å²) in [6.45, 7) is 3.17. The predicted octanol–water partition coefficient (Wildman–Crippen LogP) is 4.32. The predicted molar refractivity (Wildman–Crippen MR) is 92.9 cm³/mol. The van der Waals surface area contributed by atoms with Gasteiger partial charge in [0.05, 0.1) is 9.21 Å². The van der Waals surface area contributed by atoms with Crippen molar-refractivity contribution in [2.75, 3.05) is 19.6 Å². The second kappa shape index (κ2) is 7.33. The Balaban J connectivity index is 1.66. The number of nitrogens with zero attached hydrogens (tertiary/aromatic N) is 1. The minimum Gasteiger partial charge on any atom is -0.349 e. The van der Waals surface area contributed by atoms with Gasteiger partial charge in [-0.15, -0.1) is 11.3 Å². The molecule has 0 radical (unpaired) electrons. The zero-order valence-corrected chi connectivity index (χ0v) is 14.6. The molecular formula is C17H25ClN2OS. The second-order valence-corrected chi connectivity index (χ2v) is 8.33. The number of hydrogen-bond donors (Lipinski definition) is 1. The van der Waals surface area contributed by atoms with Crippen LogP contribution >= 0.6 is 22.9 Å². The van der Waals surface area contributed by atoms with Gasteiger partial charge in [0.2, 0.25) is 0 Å². The molecule has 1 saturated carbocycles. The van der Waals surface area contributed by atoms with Crippen molar-refractivity contribution in [1.82, 2.24) is 10.2 Å². The van der Waals surface area contributed by atoms with Crippen LogP contribution in [0.1, 0.15) is 61.0 Å². The van der Waals surface area contributed by atoms with Gasteiger partial charge in [-0.1, -0.05) is 37.3 Å². The van der Waals surface area contributed by atoms with Gasteiger partial charge in [-0.05, 0) is 50.9 Å². The third-order valence-corrected chi connectivity index (χ3v) is 6.42. The Morgan fingerprint density at radius 1 is 1.14 bits per heavy atom. The van der Waals surface area contributed by atoms with E-state index < -0.39 is 0 Å². The molecule has 1 aromatic rings. The monoisotopic (exact) mass is 340 g/mol. The van der Waals surface area contributed by atoms with Gasteiger partial charge in [0.1, 0.15) is 0 Å². The van der Waals surface area contributed by atoms with Crippen LogP contribution in [-0.4, -0.2) is 36.0 Å². The van der Waals surface area contributed by atoms with Crippen LogP contribution in [0.3, 0.4) is 0 Å². The third-order valence-electron chi connectivity index (χ3n) is 5.19. The normalized spacial score (nSPS) is 22.4. The molecule has 1 aliphatic carbocycles. The molecule has 1 N–H and O–H groups in total. The number of rotatable bonds is 4. The molecule has 2 aliphatic rings. The van der Waals surface area contributed by atoms with E-state index in [1.54, 1.807) is 6.07 Å². The van der Waals surface area contributed by atoms with Gasteiger partial charge in [0.25, 0.3) is 5.91 Å². The van der Waals surface area contributed by atoms with Crippen molar-refractivity contribution in [3.8, 4) is 0 Å².